The fourth-order valence-electron chi connectivity index (χ4n) is 2.34. The van der Waals surface area contributed by atoms with E-state index in [4.69, 9.17) is 0 Å². The first-order chi connectivity index (χ1) is 9.34. The van der Waals surface area contributed by atoms with E-state index in [1.54, 1.807) is 0 Å². The Bertz CT molecular complexity index is 674. The first-order valence-electron chi connectivity index (χ1n) is 6.36. The van der Waals surface area contributed by atoms with E-state index in [1.165, 1.54) is 16.3 Å². The molecule has 0 N–H and O–H groups in total. The molecule has 0 saturated carbocycles. The summed E-state index contributed by atoms with van der Waals surface area (Å²) in [5, 5.41) is 2.59. The molecule has 3 rings (SSSR count). The lowest BCUT2D eigenvalue weighted by Crippen LogP contribution is -1.98. The summed E-state index contributed by atoms with van der Waals surface area (Å²) in [7, 11) is 0. The van der Waals surface area contributed by atoms with E-state index in [0.717, 1.165) is 12.1 Å². The van der Waals surface area contributed by atoms with Gasteiger partial charge in [-0.15, -0.1) is 0 Å². The van der Waals surface area contributed by atoms with E-state index in [2.05, 4.69) is 69.4 Å². The van der Waals surface area contributed by atoms with Crippen LogP contribution in [0.4, 0.5) is 0 Å². The van der Waals surface area contributed by atoms with E-state index in [9.17, 15) is 0 Å². The predicted molar refractivity (Wildman–Crippen MR) is 83.6 cm³/mol. The second-order valence-electron chi connectivity index (χ2n) is 4.56. The Morgan fingerprint density at radius 1 is 0.895 bits per heavy atom. The van der Waals surface area contributed by atoms with Crippen molar-refractivity contribution in [1.29, 1.82) is 0 Å². The minimum absolute atomic E-state index is 0.286. The Morgan fingerprint density at radius 3 is 2.53 bits per heavy atom. The number of hydrogen-bond acceptors (Lipinski definition) is 1. The van der Waals surface area contributed by atoms with Crippen LogP contribution in [-0.2, 0) is 6.42 Å². The molecule has 0 spiro atoms. The largest absolute Gasteiger partial charge is 0.261 e. The van der Waals surface area contributed by atoms with Crippen LogP contribution in [0.15, 0.2) is 66.9 Å². The van der Waals surface area contributed by atoms with Crippen LogP contribution in [0.3, 0.4) is 0 Å². The van der Waals surface area contributed by atoms with Gasteiger partial charge in [0.2, 0.25) is 0 Å². The molecule has 1 heterocycles. The monoisotopic (exact) mass is 311 g/mol. The van der Waals surface area contributed by atoms with Crippen molar-refractivity contribution in [3.05, 3.63) is 78.1 Å². The highest BCUT2D eigenvalue weighted by Gasteiger charge is 2.11. The number of halogens is 1. The molecule has 1 unspecified atom stereocenters. The second kappa shape index (κ2) is 5.54. The molecular formula is C17H14BrN. The molecule has 94 valence electrons. The van der Waals surface area contributed by atoms with Crippen molar-refractivity contribution in [3.63, 3.8) is 0 Å². The molecule has 2 aromatic carbocycles. The zero-order chi connectivity index (χ0) is 13.1. The van der Waals surface area contributed by atoms with E-state index in [-0.39, 0.29) is 4.83 Å². The van der Waals surface area contributed by atoms with Crippen molar-refractivity contribution >= 4 is 26.7 Å². The molecule has 19 heavy (non-hydrogen) atoms. The maximum Gasteiger partial charge on any atom is 0.0456 e. The summed E-state index contributed by atoms with van der Waals surface area (Å²) in [4.78, 5) is 4.68. The molecule has 0 saturated heterocycles. The van der Waals surface area contributed by atoms with Gasteiger partial charge in [0.05, 0.1) is 0 Å². The van der Waals surface area contributed by atoms with Crippen LogP contribution < -0.4 is 0 Å². The zero-order valence-corrected chi connectivity index (χ0v) is 12.0. The number of benzene rings is 2. The number of aromatic nitrogens is 1. The molecule has 3 aromatic rings. The summed E-state index contributed by atoms with van der Waals surface area (Å²) in [5.74, 6) is 0. The quantitative estimate of drug-likeness (QED) is 0.626. The molecule has 2 heteroatoms. The van der Waals surface area contributed by atoms with Crippen LogP contribution in [-0.4, -0.2) is 4.98 Å². The highest BCUT2D eigenvalue weighted by atomic mass is 79.9. The van der Waals surface area contributed by atoms with Crippen molar-refractivity contribution in [2.45, 2.75) is 11.2 Å². The maximum atomic E-state index is 4.39. The average molecular weight is 312 g/mol. The lowest BCUT2D eigenvalue weighted by Gasteiger charge is -2.12. The minimum Gasteiger partial charge on any atom is -0.261 e. The van der Waals surface area contributed by atoms with Crippen molar-refractivity contribution in [2.24, 2.45) is 0 Å². The van der Waals surface area contributed by atoms with E-state index >= 15 is 0 Å². The number of hydrogen-bond donors (Lipinski definition) is 0. The Hall–Kier alpha value is -1.67. The summed E-state index contributed by atoms with van der Waals surface area (Å²) < 4.78 is 0. The number of alkyl halides is 1. The van der Waals surface area contributed by atoms with E-state index in [0.29, 0.717) is 0 Å². The van der Waals surface area contributed by atoms with Gasteiger partial charge in [-0.2, -0.15) is 0 Å². The molecule has 0 bridgehead atoms. The topological polar surface area (TPSA) is 12.9 Å². The first-order valence-corrected chi connectivity index (χ1v) is 7.28. The Kier molecular flexibility index (Phi) is 3.60. The molecule has 0 fully saturated rings. The zero-order valence-electron chi connectivity index (χ0n) is 10.5. The third-order valence-corrected chi connectivity index (χ3v) is 4.09. The highest BCUT2D eigenvalue weighted by Crippen LogP contribution is 2.32. The summed E-state index contributed by atoms with van der Waals surface area (Å²) in [6.07, 6.45) is 2.74. The molecular weight excluding hydrogens is 298 g/mol. The Morgan fingerprint density at radius 2 is 1.68 bits per heavy atom. The number of fused-ring (bicyclic) bond motifs is 1. The van der Waals surface area contributed by atoms with E-state index in [1.807, 2.05) is 18.3 Å². The SMILES string of the molecule is BrC(Cc1ccccn1)c1cccc2ccccc12. The minimum atomic E-state index is 0.286. The maximum absolute atomic E-state index is 4.39. The lowest BCUT2D eigenvalue weighted by molar-refractivity contribution is 0.911. The Labute approximate surface area is 121 Å². The van der Waals surface area contributed by atoms with Gasteiger partial charge in [0, 0.05) is 23.1 Å². The van der Waals surface area contributed by atoms with Gasteiger partial charge in [0.1, 0.15) is 0 Å². The summed E-state index contributed by atoms with van der Waals surface area (Å²) in [6, 6.07) is 21.0. The molecule has 1 aromatic heterocycles. The molecule has 1 nitrogen and oxygen atoms in total. The van der Waals surface area contributed by atoms with Gasteiger partial charge in [0.15, 0.2) is 0 Å². The lowest BCUT2D eigenvalue weighted by atomic mass is 10.00. The highest BCUT2D eigenvalue weighted by molar-refractivity contribution is 9.09. The fourth-order valence-corrected chi connectivity index (χ4v) is 3.07. The van der Waals surface area contributed by atoms with Gasteiger partial charge >= 0.3 is 0 Å². The number of rotatable bonds is 3. The standard InChI is InChI=1S/C17H14BrN/c18-17(12-14-8-3-4-11-19-14)16-10-5-7-13-6-1-2-9-15(13)16/h1-11,17H,12H2. The fraction of sp³-hybridized carbons (Fsp3) is 0.118. The molecule has 1 atom stereocenters. The molecule has 0 radical (unpaired) electrons. The van der Waals surface area contributed by atoms with Crippen molar-refractivity contribution < 1.29 is 0 Å². The summed E-state index contributed by atoms with van der Waals surface area (Å²) in [6.45, 7) is 0. The summed E-state index contributed by atoms with van der Waals surface area (Å²) in [5.41, 5.74) is 2.43. The number of pyridine rings is 1. The van der Waals surface area contributed by atoms with Gasteiger partial charge < -0.3 is 0 Å². The molecule has 0 aliphatic carbocycles. The van der Waals surface area contributed by atoms with Crippen LogP contribution >= 0.6 is 15.9 Å². The Balaban J connectivity index is 1.96. The van der Waals surface area contributed by atoms with Gasteiger partial charge in [-0.3, -0.25) is 4.98 Å². The van der Waals surface area contributed by atoms with Crippen LogP contribution in [0, 0.1) is 0 Å². The van der Waals surface area contributed by atoms with E-state index < -0.39 is 0 Å². The van der Waals surface area contributed by atoms with Crippen LogP contribution in [0.2, 0.25) is 0 Å². The summed E-state index contributed by atoms with van der Waals surface area (Å²) >= 11 is 3.80. The second-order valence-corrected chi connectivity index (χ2v) is 5.67. The van der Waals surface area contributed by atoms with Crippen molar-refractivity contribution in [1.82, 2.24) is 4.98 Å². The smallest absolute Gasteiger partial charge is 0.0456 e. The van der Waals surface area contributed by atoms with Crippen LogP contribution in [0.5, 0.6) is 0 Å². The van der Waals surface area contributed by atoms with Crippen LogP contribution in [0.25, 0.3) is 10.8 Å². The van der Waals surface area contributed by atoms with Gasteiger partial charge in [-0.25, -0.2) is 0 Å². The molecule has 0 aliphatic rings. The first kappa shape index (κ1) is 12.4. The van der Waals surface area contributed by atoms with Crippen LogP contribution in [0.1, 0.15) is 16.1 Å². The van der Waals surface area contributed by atoms with Gasteiger partial charge in [-0.1, -0.05) is 64.5 Å². The third kappa shape index (κ3) is 2.69. The van der Waals surface area contributed by atoms with Gasteiger partial charge in [-0.05, 0) is 28.5 Å². The normalized spacial score (nSPS) is 12.5. The van der Waals surface area contributed by atoms with Crippen molar-refractivity contribution in [3.8, 4) is 0 Å². The predicted octanol–water partition coefficient (Wildman–Crippen LogP) is 4.91. The molecule has 0 amide bonds. The van der Waals surface area contributed by atoms with Crippen molar-refractivity contribution in [2.75, 3.05) is 0 Å². The van der Waals surface area contributed by atoms with Gasteiger partial charge in [0.25, 0.3) is 0 Å². The third-order valence-electron chi connectivity index (χ3n) is 3.28. The average Bonchev–Trinajstić information content (AvgIpc) is 2.47. The number of nitrogens with zero attached hydrogens (tertiary/aromatic N) is 1. The molecule has 0 aliphatic heterocycles.